The lowest BCUT2D eigenvalue weighted by Gasteiger charge is -2.33. The first-order valence-corrected chi connectivity index (χ1v) is 8.65. The minimum Gasteiger partial charge on any atom is -0.293 e. The van der Waals surface area contributed by atoms with E-state index < -0.39 is 0 Å². The molecular formula is C17H24BrN. The Labute approximate surface area is 125 Å². The van der Waals surface area contributed by atoms with Crippen LogP contribution in [-0.2, 0) is 0 Å². The Bertz CT molecular complexity index is 409. The third-order valence-corrected chi connectivity index (χ3v) is 5.31. The third kappa shape index (κ3) is 3.22. The molecule has 1 aliphatic carbocycles. The maximum atomic E-state index is 3.62. The SMILES string of the molecule is Brc1cccc(C2CCCN2C2CCCCCC2)c1. The zero-order chi connectivity index (χ0) is 13.1. The highest BCUT2D eigenvalue weighted by molar-refractivity contribution is 9.10. The van der Waals surface area contributed by atoms with Crippen LogP contribution in [0.4, 0.5) is 0 Å². The largest absolute Gasteiger partial charge is 0.293 e. The molecule has 104 valence electrons. The van der Waals surface area contributed by atoms with Crippen molar-refractivity contribution in [2.24, 2.45) is 0 Å². The predicted molar refractivity (Wildman–Crippen MR) is 84.3 cm³/mol. The van der Waals surface area contributed by atoms with Gasteiger partial charge in [-0.15, -0.1) is 0 Å². The number of halogens is 1. The standard InChI is InChI=1S/C17H24BrN/c18-15-8-5-7-14(13-15)17-11-6-12-19(17)16-9-3-1-2-4-10-16/h5,7-8,13,16-17H,1-4,6,9-12H2. The zero-order valence-electron chi connectivity index (χ0n) is 11.7. The molecule has 2 aliphatic rings. The summed E-state index contributed by atoms with van der Waals surface area (Å²) in [6.07, 6.45) is 11.3. The first-order valence-electron chi connectivity index (χ1n) is 7.86. The van der Waals surface area contributed by atoms with Gasteiger partial charge in [0, 0.05) is 16.6 Å². The molecule has 2 heteroatoms. The van der Waals surface area contributed by atoms with Crippen LogP contribution in [0.1, 0.15) is 63.0 Å². The van der Waals surface area contributed by atoms with Gasteiger partial charge in [-0.3, -0.25) is 4.90 Å². The smallest absolute Gasteiger partial charge is 0.0351 e. The van der Waals surface area contributed by atoms with Gasteiger partial charge in [0.05, 0.1) is 0 Å². The first-order chi connectivity index (χ1) is 9.34. The van der Waals surface area contributed by atoms with Gasteiger partial charge in [0.15, 0.2) is 0 Å². The van der Waals surface area contributed by atoms with Gasteiger partial charge < -0.3 is 0 Å². The number of rotatable bonds is 2. The summed E-state index contributed by atoms with van der Waals surface area (Å²) < 4.78 is 1.22. The Hall–Kier alpha value is -0.340. The summed E-state index contributed by atoms with van der Waals surface area (Å²) in [6, 6.07) is 10.5. The lowest BCUT2D eigenvalue weighted by molar-refractivity contribution is 0.164. The molecule has 1 saturated heterocycles. The molecule has 0 bridgehead atoms. The van der Waals surface area contributed by atoms with Crippen LogP contribution in [0, 0.1) is 0 Å². The molecule has 0 N–H and O–H groups in total. The van der Waals surface area contributed by atoms with Gasteiger partial charge in [-0.2, -0.15) is 0 Å². The molecule has 1 aromatic carbocycles. The van der Waals surface area contributed by atoms with E-state index in [4.69, 9.17) is 0 Å². The lowest BCUT2D eigenvalue weighted by Crippen LogP contribution is -2.34. The molecular weight excluding hydrogens is 298 g/mol. The highest BCUT2D eigenvalue weighted by Gasteiger charge is 2.31. The molecule has 1 aromatic rings. The monoisotopic (exact) mass is 321 g/mol. The maximum absolute atomic E-state index is 3.62. The minimum absolute atomic E-state index is 0.667. The molecule has 1 aliphatic heterocycles. The van der Waals surface area contributed by atoms with Gasteiger partial charge in [0.2, 0.25) is 0 Å². The average molecular weight is 322 g/mol. The van der Waals surface area contributed by atoms with Crippen LogP contribution in [-0.4, -0.2) is 17.5 Å². The van der Waals surface area contributed by atoms with Crippen molar-refractivity contribution in [3.8, 4) is 0 Å². The van der Waals surface area contributed by atoms with Gasteiger partial charge in [-0.25, -0.2) is 0 Å². The number of hydrogen-bond acceptors (Lipinski definition) is 1. The van der Waals surface area contributed by atoms with Crippen LogP contribution in [0.3, 0.4) is 0 Å². The molecule has 1 heterocycles. The second-order valence-corrected chi connectivity index (χ2v) is 7.01. The van der Waals surface area contributed by atoms with Crippen LogP contribution in [0.5, 0.6) is 0 Å². The number of hydrogen-bond donors (Lipinski definition) is 0. The molecule has 0 radical (unpaired) electrons. The molecule has 3 rings (SSSR count). The summed E-state index contributed by atoms with van der Waals surface area (Å²) in [5.74, 6) is 0. The quantitative estimate of drug-likeness (QED) is 0.667. The van der Waals surface area contributed by atoms with Crippen molar-refractivity contribution in [1.82, 2.24) is 4.90 Å². The van der Waals surface area contributed by atoms with Crippen LogP contribution < -0.4 is 0 Å². The Kier molecular flexibility index (Phi) is 4.60. The second-order valence-electron chi connectivity index (χ2n) is 6.10. The lowest BCUT2D eigenvalue weighted by atomic mass is 10.0. The zero-order valence-corrected chi connectivity index (χ0v) is 13.2. The predicted octanol–water partition coefficient (Wildman–Crippen LogP) is 5.31. The second kappa shape index (κ2) is 6.41. The molecule has 0 amide bonds. The van der Waals surface area contributed by atoms with Gasteiger partial charge in [0.1, 0.15) is 0 Å². The van der Waals surface area contributed by atoms with E-state index in [-0.39, 0.29) is 0 Å². The summed E-state index contributed by atoms with van der Waals surface area (Å²) in [5, 5.41) is 0. The van der Waals surface area contributed by atoms with E-state index >= 15 is 0 Å². The first kappa shape index (κ1) is 13.6. The van der Waals surface area contributed by atoms with Crippen LogP contribution >= 0.6 is 15.9 Å². The maximum Gasteiger partial charge on any atom is 0.0351 e. The Morgan fingerprint density at radius 1 is 0.947 bits per heavy atom. The van der Waals surface area contributed by atoms with E-state index in [9.17, 15) is 0 Å². The van der Waals surface area contributed by atoms with E-state index in [2.05, 4.69) is 45.1 Å². The van der Waals surface area contributed by atoms with Crippen molar-refractivity contribution in [3.63, 3.8) is 0 Å². The Balaban J connectivity index is 1.76. The molecule has 0 aromatic heterocycles. The molecule has 19 heavy (non-hydrogen) atoms. The summed E-state index contributed by atoms with van der Waals surface area (Å²) >= 11 is 3.62. The van der Waals surface area contributed by atoms with Crippen molar-refractivity contribution in [1.29, 1.82) is 0 Å². The van der Waals surface area contributed by atoms with Crippen molar-refractivity contribution in [2.75, 3.05) is 6.54 Å². The van der Waals surface area contributed by atoms with E-state index in [0.717, 1.165) is 6.04 Å². The van der Waals surface area contributed by atoms with Crippen molar-refractivity contribution >= 4 is 15.9 Å². The normalized spacial score (nSPS) is 26.5. The fourth-order valence-corrected chi connectivity index (χ4v) is 4.30. The van der Waals surface area contributed by atoms with Gasteiger partial charge >= 0.3 is 0 Å². The summed E-state index contributed by atoms with van der Waals surface area (Å²) in [4.78, 5) is 2.81. The summed E-state index contributed by atoms with van der Waals surface area (Å²) in [7, 11) is 0. The van der Waals surface area contributed by atoms with Gasteiger partial charge in [0.25, 0.3) is 0 Å². The van der Waals surface area contributed by atoms with E-state index in [1.165, 1.54) is 67.9 Å². The Morgan fingerprint density at radius 2 is 1.74 bits per heavy atom. The molecule has 1 saturated carbocycles. The topological polar surface area (TPSA) is 3.24 Å². The third-order valence-electron chi connectivity index (χ3n) is 4.82. The van der Waals surface area contributed by atoms with E-state index in [1.807, 2.05) is 0 Å². The minimum atomic E-state index is 0.667. The van der Waals surface area contributed by atoms with Gasteiger partial charge in [-0.1, -0.05) is 53.7 Å². The van der Waals surface area contributed by atoms with Crippen LogP contribution in [0.15, 0.2) is 28.7 Å². The van der Waals surface area contributed by atoms with Crippen LogP contribution in [0.25, 0.3) is 0 Å². The molecule has 1 atom stereocenters. The highest BCUT2D eigenvalue weighted by Crippen LogP contribution is 2.37. The fraction of sp³-hybridized carbons (Fsp3) is 0.647. The molecule has 1 unspecified atom stereocenters. The van der Waals surface area contributed by atoms with Crippen LogP contribution in [0.2, 0.25) is 0 Å². The van der Waals surface area contributed by atoms with Crippen molar-refractivity contribution < 1.29 is 0 Å². The summed E-state index contributed by atoms with van der Waals surface area (Å²) in [6.45, 7) is 1.31. The van der Waals surface area contributed by atoms with Gasteiger partial charge in [-0.05, 0) is 49.9 Å². The van der Waals surface area contributed by atoms with E-state index in [1.54, 1.807) is 0 Å². The molecule has 0 spiro atoms. The van der Waals surface area contributed by atoms with Crippen molar-refractivity contribution in [2.45, 2.75) is 63.5 Å². The summed E-state index contributed by atoms with van der Waals surface area (Å²) in [5.41, 5.74) is 1.51. The number of likely N-dealkylation sites (tertiary alicyclic amines) is 1. The van der Waals surface area contributed by atoms with E-state index in [0.29, 0.717) is 6.04 Å². The highest BCUT2D eigenvalue weighted by atomic mass is 79.9. The number of benzene rings is 1. The average Bonchev–Trinajstić information content (AvgIpc) is 2.75. The number of nitrogens with zero attached hydrogens (tertiary/aromatic N) is 1. The fourth-order valence-electron chi connectivity index (χ4n) is 3.89. The Morgan fingerprint density at radius 3 is 2.47 bits per heavy atom. The molecule has 1 nitrogen and oxygen atoms in total. The van der Waals surface area contributed by atoms with Crippen molar-refractivity contribution in [3.05, 3.63) is 34.3 Å². The molecule has 2 fully saturated rings.